The van der Waals surface area contributed by atoms with E-state index in [4.69, 9.17) is 10.2 Å². The quantitative estimate of drug-likeness (QED) is 0.508. The second-order valence-electron chi connectivity index (χ2n) is 5.11. The number of carboxylic acids is 2. The molecule has 0 saturated heterocycles. The highest BCUT2D eigenvalue weighted by Crippen LogP contribution is 2.43. The minimum Gasteiger partial charge on any atom is -0.481 e. The first-order valence-electron chi connectivity index (χ1n) is 6.81. The number of nitrogens with one attached hydrogen (secondary N) is 1. The zero-order chi connectivity index (χ0) is 16.8. The van der Waals surface area contributed by atoms with E-state index in [1.165, 1.54) is 0 Å². The van der Waals surface area contributed by atoms with Crippen LogP contribution >= 0.6 is 7.52 Å². The van der Waals surface area contributed by atoms with Gasteiger partial charge in [0.15, 0.2) is 0 Å². The van der Waals surface area contributed by atoms with Gasteiger partial charge >= 0.3 is 11.9 Å². The second-order valence-corrected chi connectivity index (χ2v) is 7.50. The highest BCUT2D eigenvalue weighted by Gasteiger charge is 2.33. The van der Waals surface area contributed by atoms with Crippen molar-refractivity contribution in [1.82, 2.24) is 5.09 Å². The molecule has 0 radical (unpaired) electrons. The van der Waals surface area contributed by atoms with Crippen LogP contribution in [0.1, 0.15) is 25.3 Å². The molecule has 1 aromatic rings. The monoisotopic (exact) mass is 329 g/mol. The molecule has 0 heterocycles. The maximum atomic E-state index is 12.3. The lowest BCUT2D eigenvalue weighted by atomic mass is 10.1. The maximum absolute atomic E-state index is 12.3. The predicted molar refractivity (Wildman–Crippen MR) is 80.9 cm³/mol. The van der Waals surface area contributed by atoms with Crippen molar-refractivity contribution in [2.45, 2.75) is 37.9 Å². The molecular formula is C14H20NO6P. The number of rotatable bonds is 9. The molecule has 7 nitrogen and oxygen atoms in total. The van der Waals surface area contributed by atoms with Gasteiger partial charge < -0.3 is 15.1 Å². The Labute approximate surface area is 128 Å². The maximum Gasteiger partial charge on any atom is 0.321 e. The van der Waals surface area contributed by atoms with E-state index in [1.807, 2.05) is 30.3 Å². The number of hydrogen-bond donors (Lipinski definition) is 4. The van der Waals surface area contributed by atoms with Crippen molar-refractivity contribution in [3.63, 3.8) is 0 Å². The fourth-order valence-electron chi connectivity index (χ4n) is 1.94. The Morgan fingerprint density at radius 3 is 2.32 bits per heavy atom. The van der Waals surface area contributed by atoms with Crippen LogP contribution in [0.25, 0.3) is 0 Å². The van der Waals surface area contributed by atoms with Crippen LogP contribution in [0.3, 0.4) is 0 Å². The van der Waals surface area contributed by atoms with Crippen molar-refractivity contribution in [2.24, 2.45) is 0 Å². The third-order valence-corrected chi connectivity index (χ3v) is 5.32. The molecule has 122 valence electrons. The summed E-state index contributed by atoms with van der Waals surface area (Å²) in [4.78, 5) is 31.7. The van der Waals surface area contributed by atoms with E-state index < -0.39 is 37.6 Å². The number of aliphatic carboxylic acids is 2. The van der Waals surface area contributed by atoms with Crippen LogP contribution < -0.4 is 5.09 Å². The molecule has 0 aromatic heterocycles. The first-order chi connectivity index (χ1) is 10.2. The average Bonchev–Trinajstić information content (AvgIpc) is 2.44. The van der Waals surface area contributed by atoms with Gasteiger partial charge in [-0.25, -0.2) is 5.09 Å². The number of benzene rings is 1. The normalized spacial score (nSPS) is 16.5. The molecule has 0 saturated carbocycles. The summed E-state index contributed by atoms with van der Waals surface area (Å²) in [5.41, 5.74) is 0.171. The summed E-state index contributed by atoms with van der Waals surface area (Å²) in [5.74, 6) is -2.50. The third kappa shape index (κ3) is 5.97. The van der Waals surface area contributed by atoms with Crippen LogP contribution in [0.5, 0.6) is 0 Å². The van der Waals surface area contributed by atoms with Crippen LogP contribution in [-0.2, 0) is 20.6 Å². The molecule has 4 N–H and O–H groups in total. The van der Waals surface area contributed by atoms with Gasteiger partial charge in [0.1, 0.15) is 6.04 Å². The highest BCUT2D eigenvalue weighted by molar-refractivity contribution is 7.56. The summed E-state index contributed by atoms with van der Waals surface area (Å²) in [6.07, 6.45) is -0.336. The fourth-order valence-corrected chi connectivity index (χ4v) is 3.34. The summed E-state index contributed by atoms with van der Waals surface area (Å²) in [7, 11) is -3.94. The summed E-state index contributed by atoms with van der Waals surface area (Å²) < 4.78 is 12.3. The smallest absolute Gasteiger partial charge is 0.321 e. The van der Waals surface area contributed by atoms with Crippen LogP contribution in [0.4, 0.5) is 0 Å². The van der Waals surface area contributed by atoms with Gasteiger partial charge in [-0.2, -0.15) is 0 Å². The average molecular weight is 329 g/mol. The van der Waals surface area contributed by atoms with Gasteiger partial charge in [-0.05, 0) is 18.4 Å². The SMILES string of the molecule is CC(Cc1ccccc1)P(=O)(O)NC(CCC(=O)O)C(=O)O. The third-order valence-electron chi connectivity index (χ3n) is 3.26. The van der Waals surface area contributed by atoms with Gasteiger partial charge in [-0.3, -0.25) is 14.2 Å². The zero-order valence-electron chi connectivity index (χ0n) is 12.2. The van der Waals surface area contributed by atoms with Gasteiger partial charge in [0, 0.05) is 6.42 Å². The van der Waals surface area contributed by atoms with Crippen molar-refractivity contribution in [3.05, 3.63) is 35.9 Å². The summed E-state index contributed by atoms with van der Waals surface area (Å²) in [6, 6.07) is 7.71. The Morgan fingerprint density at radius 1 is 1.23 bits per heavy atom. The molecule has 3 atom stereocenters. The van der Waals surface area contributed by atoms with Gasteiger partial charge in [0.2, 0.25) is 0 Å². The lowest BCUT2D eigenvalue weighted by Gasteiger charge is -2.24. The minimum absolute atomic E-state index is 0.257. The Hall–Kier alpha value is -1.69. The Morgan fingerprint density at radius 2 is 1.82 bits per heavy atom. The predicted octanol–water partition coefficient (Wildman–Crippen LogP) is 1.71. The first kappa shape index (κ1) is 18.4. The lowest BCUT2D eigenvalue weighted by Crippen LogP contribution is -2.37. The molecule has 0 aliphatic rings. The number of carbonyl (C=O) groups is 2. The van der Waals surface area contributed by atoms with Crippen LogP contribution in [-0.4, -0.2) is 38.7 Å². The topological polar surface area (TPSA) is 124 Å². The summed E-state index contributed by atoms with van der Waals surface area (Å²) in [6.45, 7) is 1.55. The Bertz CT molecular complexity index is 562. The van der Waals surface area contributed by atoms with Crippen molar-refractivity contribution in [2.75, 3.05) is 0 Å². The summed E-state index contributed by atoms with van der Waals surface area (Å²) >= 11 is 0. The van der Waals surface area contributed by atoms with Gasteiger partial charge in [0.25, 0.3) is 7.52 Å². The van der Waals surface area contributed by atoms with E-state index in [0.29, 0.717) is 6.42 Å². The van der Waals surface area contributed by atoms with E-state index in [9.17, 15) is 19.0 Å². The molecule has 0 fully saturated rings. The van der Waals surface area contributed by atoms with Crippen LogP contribution in [0.15, 0.2) is 30.3 Å². The van der Waals surface area contributed by atoms with Crippen molar-refractivity contribution in [1.29, 1.82) is 0 Å². The van der Waals surface area contributed by atoms with Crippen LogP contribution in [0.2, 0.25) is 0 Å². The standard InChI is InChI=1S/C14H20NO6P/c1-10(9-11-5-3-2-4-6-11)22(20,21)15-12(14(18)19)7-8-13(16)17/h2-6,10,12H,7-9H2,1H3,(H,16,17)(H,18,19)(H2,15,20,21). The molecule has 0 bridgehead atoms. The molecule has 1 rings (SSSR count). The molecule has 1 aromatic carbocycles. The molecule has 8 heteroatoms. The van der Waals surface area contributed by atoms with E-state index in [2.05, 4.69) is 5.09 Å². The number of hydrogen-bond acceptors (Lipinski definition) is 3. The first-order valence-corrected chi connectivity index (χ1v) is 8.54. The second kappa shape index (κ2) is 8.08. The van der Waals surface area contributed by atoms with Crippen molar-refractivity contribution < 1.29 is 29.3 Å². The van der Waals surface area contributed by atoms with Crippen molar-refractivity contribution >= 4 is 19.5 Å². The highest BCUT2D eigenvalue weighted by atomic mass is 31.2. The largest absolute Gasteiger partial charge is 0.481 e. The molecule has 0 aliphatic carbocycles. The minimum atomic E-state index is -3.94. The fraction of sp³-hybridized carbons (Fsp3) is 0.429. The molecule has 0 spiro atoms. The lowest BCUT2D eigenvalue weighted by molar-refractivity contribution is -0.140. The van der Waals surface area contributed by atoms with E-state index in [1.54, 1.807) is 6.92 Å². The summed E-state index contributed by atoms with van der Waals surface area (Å²) in [5, 5.41) is 19.8. The zero-order valence-corrected chi connectivity index (χ0v) is 13.1. The number of carboxylic acid groups (broad SMARTS) is 2. The Kier molecular flexibility index (Phi) is 6.74. The Balaban J connectivity index is 2.71. The van der Waals surface area contributed by atoms with Crippen LogP contribution in [0, 0.1) is 0 Å². The molecule has 0 aliphatic heterocycles. The van der Waals surface area contributed by atoms with Gasteiger partial charge in [-0.1, -0.05) is 37.3 Å². The molecule has 22 heavy (non-hydrogen) atoms. The van der Waals surface area contributed by atoms with E-state index in [0.717, 1.165) is 5.56 Å². The van der Waals surface area contributed by atoms with Gasteiger partial charge in [-0.15, -0.1) is 0 Å². The van der Waals surface area contributed by atoms with E-state index >= 15 is 0 Å². The van der Waals surface area contributed by atoms with Crippen molar-refractivity contribution in [3.8, 4) is 0 Å². The van der Waals surface area contributed by atoms with Gasteiger partial charge in [0.05, 0.1) is 5.66 Å². The molecule has 3 unspecified atom stereocenters. The molecule has 0 amide bonds. The van der Waals surface area contributed by atoms with E-state index in [-0.39, 0.29) is 6.42 Å². The molecular weight excluding hydrogens is 309 g/mol.